The van der Waals surface area contributed by atoms with Crippen LogP contribution in [-0.4, -0.2) is 10.3 Å². The first-order valence-corrected chi connectivity index (χ1v) is 18.2. The van der Waals surface area contributed by atoms with E-state index >= 15 is 0 Å². The highest BCUT2D eigenvalue weighted by molar-refractivity contribution is 6.28. The Kier molecular flexibility index (Phi) is 6.62. The summed E-state index contributed by atoms with van der Waals surface area (Å²) in [6.07, 6.45) is 2.00. The third-order valence-electron chi connectivity index (χ3n) is 10.9. The zero-order chi connectivity index (χ0) is 34.9. The fourth-order valence-electron chi connectivity index (χ4n) is 8.37. The maximum atomic E-state index is 5.27. The molecule has 3 heteroatoms. The lowest BCUT2D eigenvalue weighted by Gasteiger charge is -2.25. The predicted octanol–water partition coefficient (Wildman–Crippen LogP) is 12.5. The summed E-state index contributed by atoms with van der Waals surface area (Å²) in [5.74, 6) is 0. The summed E-state index contributed by atoms with van der Waals surface area (Å²) in [5.41, 5.74) is 8.99. The van der Waals surface area contributed by atoms with Gasteiger partial charge in [0.15, 0.2) is 0 Å². The average molecular weight is 676 g/mol. The Labute approximate surface area is 306 Å². The number of hydrogen-bond donors (Lipinski definition) is 1. The molecule has 1 aromatic heterocycles. The molecule has 1 N–H and O–H groups in total. The molecule has 1 aliphatic rings. The van der Waals surface area contributed by atoms with Crippen LogP contribution < -0.4 is 5.32 Å². The van der Waals surface area contributed by atoms with Crippen molar-refractivity contribution in [1.82, 2.24) is 9.88 Å². The van der Waals surface area contributed by atoms with E-state index < -0.39 is 0 Å². The molecule has 0 bridgehead atoms. The summed E-state index contributed by atoms with van der Waals surface area (Å²) in [7, 11) is 0. The summed E-state index contributed by atoms with van der Waals surface area (Å²) in [4.78, 5) is 5.27. The zero-order valence-electron chi connectivity index (χ0n) is 28.9. The molecular weight excluding hydrogens is 643 g/mol. The average Bonchev–Trinajstić information content (AvgIpc) is 3.59. The number of nitrogens with zero attached hydrogens (tertiary/aromatic N) is 2. The zero-order valence-corrected chi connectivity index (χ0v) is 28.9. The summed E-state index contributed by atoms with van der Waals surface area (Å²) in [6.45, 7) is 0. The van der Waals surface area contributed by atoms with Crippen LogP contribution in [-0.2, 0) is 0 Å². The van der Waals surface area contributed by atoms with Crippen LogP contribution in [0.25, 0.3) is 76.3 Å². The standard InChI is InChI=1S/C50H33N3/c1-2-13-35(14-3-1)50-51-44(39-20-18-32-10-4-5-15-36(32)28-39)31-45(52-50)40-21-19-38-30-41(25-22-37(38)29-40)53-46-26-23-33-11-6-8-16-42(33)48(46)49-43-17-9-7-12-34(43)24-27-47(49)53/h1-31,50-51H. The summed E-state index contributed by atoms with van der Waals surface area (Å²) in [6, 6.07) is 65.9. The lowest BCUT2D eigenvalue weighted by atomic mass is 9.98. The number of benzene rings is 9. The van der Waals surface area contributed by atoms with Crippen LogP contribution in [0.15, 0.2) is 193 Å². The monoisotopic (exact) mass is 675 g/mol. The van der Waals surface area contributed by atoms with Crippen molar-refractivity contribution in [1.29, 1.82) is 0 Å². The van der Waals surface area contributed by atoms with Gasteiger partial charge in [0.05, 0.1) is 16.7 Å². The maximum absolute atomic E-state index is 5.27. The molecule has 11 rings (SSSR count). The van der Waals surface area contributed by atoms with Crippen molar-refractivity contribution in [2.75, 3.05) is 0 Å². The van der Waals surface area contributed by atoms with Gasteiger partial charge >= 0.3 is 0 Å². The van der Waals surface area contributed by atoms with Gasteiger partial charge in [-0.1, -0.05) is 146 Å². The molecule has 0 aliphatic carbocycles. The minimum Gasteiger partial charge on any atom is -0.360 e. The molecule has 0 amide bonds. The molecule has 0 fully saturated rings. The van der Waals surface area contributed by atoms with E-state index in [1.54, 1.807) is 0 Å². The van der Waals surface area contributed by atoms with Crippen molar-refractivity contribution < 1.29 is 0 Å². The lowest BCUT2D eigenvalue weighted by Crippen LogP contribution is -2.24. The molecule has 3 nitrogen and oxygen atoms in total. The van der Waals surface area contributed by atoms with E-state index in [-0.39, 0.29) is 6.17 Å². The van der Waals surface area contributed by atoms with Gasteiger partial charge in [0.2, 0.25) is 0 Å². The number of hydrogen-bond acceptors (Lipinski definition) is 2. The second-order valence-electron chi connectivity index (χ2n) is 14.0. The van der Waals surface area contributed by atoms with E-state index in [1.807, 2.05) is 0 Å². The molecule has 0 spiro atoms. The van der Waals surface area contributed by atoms with Crippen LogP contribution in [0.2, 0.25) is 0 Å². The number of rotatable bonds is 4. The first kappa shape index (κ1) is 29.7. The Morgan fingerprint density at radius 2 is 0.962 bits per heavy atom. The third-order valence-corrected chi connectivity index (χ3v) is 10.9. The van der Waals surface area contributed by atoms with Crippen LogP contribution in [0.1, 0.15) is 22.9 Å². The van der Waals surface area contributed by atoms with Crippen molar-refractivity contribution in [3.8, 4) is 5.69 Å². The topological polar surface area (TPSA) is 29.3 Å². The smallest absolute Gasteiger partial charge is 0.145 e. The summed E-state index contributed by atoms with van der Waals surface area (Å²) >= 11 is 0. The summed E-state index contributed by atoms with van der Waals surface area (Å²) in [5, 5.41) is 16.2. The molecule has 1 aliphatic heterocycles. The van der Waals surface area contributed by atoms with Gasteiger partial charge in [-0.05, 0) is 96.7 Å². The second-order valence-corrected chi connectivity index (χ2v) is 14.0. The molecule has 2 heterocycles. The first-order valence-electron chi connectivity index (χ1n) is 18.2. The molecule has 248 valence electrons. The molecule has 0 saturated carbocycles. The van der Waals surface area contributed by atoms with Crippen molar-refractivity contribution in [2.24, 2.45) is 4.99 Å². The van der Waals surface area contributed by atoms with E-state index in [4.69, 9.17) is 4.99 Å². The molecule has 1 unspecified atom stereocenters. The minimum absolute atomic E-state index is 0.196. The van der Waals surface area contributed by atoms with Crippen LogP contribution in [0.5, 0.6) is 0 Å². The van der Waals surface area contributed by atoms with Gasteiger partial charge < -0.3 is 9.88 Å². The molecule has 0 saturated heterocycles. The van der Waals surface area contributed by atoms with Gasteiger partial charge in [-0.2, -0.15) is 0 Å². The SMILES string of the molecule is C1=C(c2ccc3ccccc3c2)NC(c2ccccc2)N=C1c1ccc2cc(-n3c4ccc5ccccc5c4c4c5ccccc5ccc43)ccc2c1. The van der Waals surface area contributed by atoms with Crippen LogP contribution in [0.3, 0.4) is 0 Å². The highest BCUT2D eigenvalue weighted by atomic mass is 15.1. The number of aliphatic imine (C=N–C) groups is 1. The van der Waals surface area contributed by atoms with Crippen molar-refractivity contribution in [2.45, 2.75) is 6.17 Å². The Morgan fingerprint density at radius 3 is 1.70 bits per heavy atom. The van der Waals surface area contributed by atoms with E-state index in [0.717, 1.165) is 33.8 Å². The Bertz CT molecular complexity index is 3050. The van der Waals surface area contributed by atoms with Crippen molar-refractivity contribution in [3.63, 3.8) is 0 Å². The van der Waals surface area contributed by atoms with Gasteiger partial charge in [0, 0.05) is 27.7 Å². The molecule has 9 aromatic carbocycles. The van der Waals surface area contributed by atoms with Gasteiger partial charge in [0.25, 0.3) is 0 Å². The van der Waals surface area contributed by atoms with Crippen LogP contribution >= 0.6 is 0 Å². The number of nitrogens with one attached hydrogen (secondary N) is 1. The first-order chi connectivity index (χ1) is 26.2. The Balaban J connectivity index is 1.05. The van der Waals surface area contributed by atoms with Gasteiger partial charge in [0.1, 0.15) is 6.17 Å². The molecular formula is C50H33N3. The summed E-state index contributed by atoms with van der Waals surface area (Å²) < 4.78 is 2.44. The number of aromatic nitrogens is 1. The minimum atomic E-state index is -0.196. The molecule has 0 radical (unpaired) electrons. The highest BCUT2D eigenvalue weighted by Crippen LogP contribution is 2.41. The van der Waals surface area contributed by atoms with Crippen LogP contribution in [0, 0.1) is 0 Å². The Hall–Kier alpha value is -6.97. The van der Waals surface area contributed by atoms with Gasteiger partial charge in [-0.25, -0.2) is 0 Å². The number of allylic oxidation sites excluding steroid dienone is 1. The van der Waals surface area contributed by atoms with Crippen molar-refractivity contribution >= 4 is 76.3 Å². The largest absolute Gasteiger partial charge is 0.360 e. The normalized spacial score (nSPS) is 14.6. The third kappa shape index (κ3) is 4.86. The highest BCUT2D eigenvalue weighted by Gasteiger charge is 2.21. The number of fused-ring (bicyclic) bond motifs is 9. The quantitative estimate of drug-likeness (QED) is 0.198. The maximum Gasteiger partial charge on any atom is 0.145 e. The fraction of sp³-hybridized carbons (Fsp3) is 0.0200. The van der Waals surface area contributed by atoms with Gasteiger partial charge in [-0.3, -0.25) is 4.99 Å². The molecule has 1 atom stereocenters. The molecule has 10 aromatic rings. The van der Waals surface area contributed by atoms with Crippen LogP contribution in [0.4, 0.5) is 0 Å². The lowest BCUT2D eigenvalue weighted by molar-refractivity contribution is 0.664. The molecule has 53 heavy (non-hydrogen) atoms. The van der Waals surface area contributed by atoms with Gasteiger partial charge in [-0.15, -0.1) is 0 Å². The van der Waals surface area contributed by atoms with Crippen molar-refractivity contribution in [3.05, 3.63) is 205 Å². The van der Waals surface area contributed by atoms with E-state index in [0.29, 0.717) is 0 Å². The van der Waals surface area contributed by atoms with E-state index in [1.165, 1.54) is 64.9 Å². The fourth-order valence-corrected chi connectivity index (χ4v) is 8.37. The van der Waals surface area contributed by atoms with E-state index in [9.17, 15) is 0 Å². The second kappa shape index (κ2) is 11.8. The predicted molar refractivity (Wildman–Crippen MR) is 224 cm³/mol. The Morgan fingerprint density at radius 1 is 0.434 bits per heavy atom. The van der Waals surface area contributed by atoms with E-state index in [2.05, 4.69) is 198 Å².